The van der Waals surface area contributed by atoms with Crippen molar-refractivity contribution in [3.63, 3.8) is 0 Å². The van der Waals surface area contributed by atoms with Gasteiger partial charge in [0, 0.05) is 23.6 Å². The number of benzene rings is 1. The maximum absolute atomic E-state index is 11.1. The van der Waals surface area contributed by atoms with Crippen molar-refractivity contribution in [2.45, 2.75) is 13.3 Å². The molecular formula is C14H15NO3. The zero-order valence-electron chi connectivity index (χ0n) is 10.7. The maximum atomic E-state index is 11.1. The Balaban J connectivity index is 2.52. The summed E-state index contributed by atoms with van der Waals surface area (Å²) in [6, 6.07) is 7.48. The quantitative estimate of drug-likeness (QED) is 0.829. The van der Waals surface area contributed by atoms with Crippen LogP contribution in [0.15, 0.2) is 24.3 Å². The molecule has 0 unspecified atom stereocenters. The molecule has 1 aromatic carbocycles. The summed E-state index contributed by atoms with van der Waals surface area (Å²) in [7, 11) is 3.18. The van der Waals surface area contributed by atoms with E-state index in [0.29, 0.717) is 17.9 Å². The molecule has 0 N–H and O–H groups in total. The molecule has 94 valence electrons. The van der Waals surface area contributed by atoms with E-state index in [9.17, 15) is 4.79 Å². The fourth-order valence-electron chi connectivity index (χ4n) is 1.85. The first-order chi connectivity index (χ1) is 8.63. The Kier molecular flexibility index (Phi) is 3.46. The average Bonchev–Trinajstić information content (AvgIpc) is 2.36. The highest BCUT2D eigenvalue weighted by Crippen LogP contribution is 2.31. The van der Waals surface area contributed by atoms with Gasteiger partial charge in [-0.2, -0.15) is 0 Å². The van der Waals surface area contributed by atoms with E-state index in [4.69, 9.17) is 9.47 Å². The molecule has 18 heavy (non-hydrogen) atoms. The molecule has 2 aromatic rings. The Labute approximate surface area is 106 Å². The van der Waals surface area contributed by atoms with Gasteiger partial charge in [-0.25, -0.2) is 0 Å². The van der Waals surface area contributed by atoms with Crippen LogP contribution in [-0.2, 0) is 11.2 Å². The van der Waals surface area contributed by atoms with E-state index < -0.39 is 0 Å². The molecule has 0 spiro atoms. The van der Waals surface area contributed by atoms with Crippen LogP contribution in [0.4, 0.5) is 0 Å². The third-order valence-electron chi connectivity index (χ3n) is 2.68. The summed E-state index contributed by atoms with van der Waals surface area (Å²) in [5, 5.41) is 0.958. The van der Waals surface area contributed by atoms with E-state index in [1.807, 2.05) is 24.3 Å². The van der Waals surface area contributed by atoms with E-state index in [1.165, 1.54) is 0 Å². The molecule has 0 amide bonds. The summed E-state index contributed by atoms with van der Waals surface area (Å²) >= 11 is 0. The predicted octanol–water partition coefficient (Wildman–Crippen LogP) is 2.38. The number of hydrogen-bond acceptors (Lipinski definition) is 4. The van der Waals surface area contributed by atoms with Gasteiger partial charge < -0.3 is 9.47 Å². The van der Waals surface area contributed by atoms with Crippen molar-refractivity contribution in [1.29, 1.82) is 0 Å². The zero-order valence-corrected chi connectivity index (χ0v) is 10.7. The maximum Gasteiger partial charge on any atom is 0.162 e. The highest BCUT2D eigenvalue weighted by molar-refractivity contribution is 5.84. The van der Waals surface area contributed by atoms with Crippen molar-refractivity contribution in [3.05, 3.63) is 30.0 Å². The Bertz CT molecular complexity index is 593. The van der Waals surface area contributed by atoms with Gasteiger partial charge in [0.05, 0.1) is 19.7 Å². The van der Waals surface area contributed by atoms with Gasteiger partial charge in [-0.15, -0.1) is 0 Å². The lowest BCUT2D eigenvalue weighted by Gasteiger charge is -2.09. The lowest BCUT2D eigenvalue weighted by molar-refractivity contribution is -0.116. The molecule has 0 atom stereocenters. The Morgan fingerprint density at radius 1 is 1.17 bits per heavy atom. The molecule has 0 aliphatic heterocycles. The van der Waals surface area contributed by atoms with E-state index in [-0.39, 0.29) is 5.78 Å². The molecule has 2 rings (SSSR count). The zero-order chi connectivity index (χ0) is 13.1. The summed E-state index contributed by atoms with van der Waals surface area (Å²) in [5.41, 5.74) is 1.56. The number of pyridine rings is 1. The number of nitrogens with zero attached hydrogens (tertiary/aromatic N) is 1. The van der Waals surface area contributed by atoms with Gasteiger partial charge in [0.25, 0.3) is 0 Å². The second-order valence-electron chi connectivity index (χ2n) is 4.08. The average molecular weight is 245 g/mol. The van der Waals surface area contributed by atoms with Gasteiger partial charge in [0.15, 0.2) is 11.5 Å². The number of rotatable bonds is 4. The van der Waals surface area contributed by atoms with Gasteiger partial charge in [0.2, 0.25) is 0 Å². The number of aromatic nitrogens is 1. The number of ether oxygens (including phenoxy) is 2. The highest BCUT2D eigenvalue weighted by Gasteiger charge is 2.08. The Morgan fingerprint density at radius 3 is 2.44 bits per heavy atom. The smallest absolute Gasteiger partial charge is 0.162 e. The van der Waals surface area contributed by atoms with Crippen molar-refractivity contribution in [1.82, 2.24) is 4.98 Å². The van der Waals surface area contributed by atoms with Crippen LogP contribution in [0.5, 0.6) is 11.5 Å². The second kappa shape index (κ2) is 5.04. The second-order valence-corrected chi connectivity index (χ2v) is 4.08. The van der Waals surface area contributed by atoms with Gasteiger partial charge in [-0.05, 0) is 19.1 Å². The fraction of sp³-hybridized carbons (Fsp3) is 0.286. The SMILES string of the molecule is COc1cc2ccc(CC(C)=O)nc2cc1OC. The lowest BCUT2D eigenvalue weighted by atomic mass is 10.1. The van der Waals surface area contributed by atoms with Gasteiger partial charge in [0.1, 0.15) is 5.78 Å². The summed E-state index contributed by atoms with van der Waals surface area (Å²) in [4.78, 5) is 15.5. The number of carbonyl (C=O) groups is 1. The molecule has 1 heterocycles. The minimum atomic E-state index is 0.0994. The van der Waals surface area contributed by atoms with E-state index >= 15 is 0 Å². The van der Waals surface area contributed by atoms with E-state index in [1.54, 1.807) is 21.1 Å². The van der Waals surface area contributed by atoms with Gasteiger partial charge in [-0.3, -0.25) is 9.78 Å². The third kappa shape index (κ3) is 2.42. The van der Waals surface area contributed by atoms with Crippen molar-refractivity contribution >= 4 is 16.7 Å². The van der Waals surface area contributed by atoms with Crippen LogP contribution in [0.25, 0.3) is 10.9 Å². The summed E-state index contributed by atoms with van der Waals surface area (Å²) in [5.74, 6) is 1.41. The molecule has 0 bridgehead atoms. The Morgan fingerprint density at radius 2 is 1.83 bits per heavy atom. The molecule has 0 saturated heterocycles. The molecule has 0 fully saturated rings. The number of hydrogen-bond donors (Lipinski definition) is 0. The normalized spacial score (nSPS) is 10.4. The van der Waals surface area contributed by atoms with Gasteiger partial charge >= 0.3 is 0 Å². The van der Waals surface area contributed by atoms with Crippen LogP contribution in [0, 0.1) is 0 Å². The molecule has 0 saturated carbocycles. The van der Waals surface area contributed by atoms with Crippen LogP contribution < -0.4 is 9.47 Å². The molecule has 1 aromatic heterocycles. The van der Waals surface area contributed by atoms with Crippen molar-refractivity contribution < 1.29 is 14.3 Å². The molecule has 0 aliphatic rings. The van der Waals surface area contributed by atoms with E-state index in [2.05, 4.69) is 4.98 Å². The van der Waals surface area contributed by atoms with Crippen LogP contribution >= 0.6 is 0 Å². The molecule has 4 heteroatoms. The number of ketones is 1. The first-order valence-corrected chi connectivity index (χ1v) is 5.65. The first kappa shape index (κ1) is 12.4. The first-order valence-electron chi connectivity index (χ1n) is 5.65. The lowest BCUT2D eigenvalue weighted by Crippen LogP contribution is -1.99. The number of carbonyl (C=O) groups excluding carboxylic acids is 1. The number of Topliss-reactive ketones (excluding diaryl/α,β-unsaturated/α-hetero) is 1. The van der Waals surface area contributed by atoms with Crippen molar-refractivity contribution in [2.24, 2.45) is 0 Å². The summed E-state index contributed by atoms with van der Waals surface area (Å²) < 4.78 is 10.5. The molecule has 0 radical (unpaired) electrons. The topological polar surface area (TPSA) is 48.4 Å². The van der Waals surface area contributed by atoms with E-state index in [0.717, 1.165) is 16.6 Å². The third-order valence-corrected chi connectivity index (χ3v) is 2.68. The van der Waals surface area contributed by atoms with Crippen LogP contribution in [0.2, 0.25) is 0 Å². The summed E-state index contributed by atoms with van der Waals surface area (Å²) in [6.07, 6.45) is 0.351. The van der Waals surface area contributed by atoms with Crippen LogP contribution in [0.3, 0.4) is 0 Å². The molecular weight excluding hydrogens is 230 g/mol. The fourth-order valence-corrected chi connectivity index (χ4v) is 1.85. The number of methoxy groups -OCH3 is 2. The largest absolute Gasteiger partial charge is 0.493 e. The molecule has 0 aliphatic carbocycles. The van der Waals surface area contributed by atoms with Crippen molar-refractivity contribution in [3.8, 4) is 11.5 Å². The minimum Gasteiger partial charge on any atom is -0.493 e. The standard InChI is InChI=1S/C14H15NO3/c1-9(16)6-11-5-4-10-7-13(17-2)14(18-3)8-12(10)15-11/h4-5,7-8H,6H2,1-3H3. The Hall–Kier alpha value is -2.10. The van der Waals surface area contributed by atoms with Crippen molar-refractivity contribution in [2.75, 3.05) is 14.2 Å². The highest BCUT2D eigenvalue weighted by atomic mass is 16.5. The monoisotopic (exact) mass is 245 g/mol. The number of fused-ring (bicyclic) bond motifs is 1. The summed E-state index contributed by atoms with van der Waals surface area (Å²) in [6.45, 7) is 1.56. The predicted molar refractivity (Wildman–Crippen MR) is 69.2 cm³/mol. The van der Waals surface area contributed by atoms with Crippen LogP contribution in [-0.4, -0.2) is 25.0 Å². The molecule has 4 nitrogen and oxygen atoms in total. The van der Waals surface area contributed by atoms with Crippen LogP contribution in [0.1, 0.15) is 12.6 Å². The van der Waals surface area contributed by atoms with Gasteiger partial charge in [-0.1, -0.05) is 6.07 Å². The minimum absolute atomic E-state index is 0.0994.